The summed E-state index contributed by atoms with van der Waals surface area (Å²) in [7, 11) is -3.50. The van der Waals surface area contributed by atoms with Crippen LogP contribution in [0.25, 0.3) is 10.8 Å². The van der Waals surface area contributed by atoms with E-state index in [-0.39, 0.29) is 6.10 Å². The molecule has 1 N–H and O–H groups in total. The lowest BCUT2D eigenvalue weighted by atomic mass is 10.1. The molecule has 1 atom stereocenters. The summed E-state index contributed by atoms with van der Waals surface area (Å²) in [4.78, 5) is 0.327. The molecule has 0 aromatic heterocycles. The van der Waals surface area contributed by atoms with Crippen LogP contribution in [0.15, 0.2) is 47.4 Å². The first-order valence-electron chi connectivity index (χ1n) is 6.76. The van der Waals surface area contributed by atoms with Crippen LogP contribution >= 0.6 is 0 Å². The van der Waals surface area contributed by atoms with Crippen molar-refractivity contribution >= 4 is 20.8 Å². The summed E-state index contributed by atoms with van der Waals surface area (Å²) >= 11 is 0. The molecule has 2 aromatic rings. The SMILES string of the molecule is O=S(=O)(NCC1CCCO1)c1cccc2ccccc12. The zero-order valence-electron chi connectivity index (χ0n) is 11.1. The van der Waals surface area contributed by atoms with Crippen LogP contribution in [0.3, 0.4) is 0 Å². The Kier molecular flexibility index (Phi) is 3.74. The first-order chi connectivity index (χ1) is 9.67. The topological polar surface area (TPSA) is 55.4 Å². The summed E-state index contributed by atoms with van der Waals surface area (Å²) in [5, 5.41) is 1.67. The van der Waals surface area contributed by atoms with E-state index >= 15 is 0 Å². The molecular weight excluding hydrogens is 274 g/mol. The number of benzene rings is 2. The Morgan fingerprint density at radius 3 is 2.75 bits per heavy atom. The molecule has 0 amide bonds. The number of fused-ring (bicyclic) bond motifs is 1. The monoisotopic (exact) mass is 291 g/mol. The van der Waals surface area contributed by atoms with Crippen LogP contribution in [0, 0.1) is 0 Å². The van der Waals surface area contributed by atoms with E-state index in [0.29, 0.717) is 11.4 Å². The molecular formula is C15H17NO3S. The average Bonchev–Trinajstić information content (AvgIpc) is 2.98. The molecule has 2 aromatic carbocycles. The number of rotatable bonds is 4. The maximum Gasteiger partial charge on any atom is 0.241 e. The summed E-state index contributed by atoms with van der Waals surface area (Å²) in [5.74, 6) is 0. The lowest BCUT2D eigenvalue weighted by Crippen LogP contribution is -2.31. The Hall–Kier alpha value is -1.43. The highest BCUT2D eigenvalue weighted by molar-refractivity contribution is 7.89. The van der Waals surface area contributed by atoms with Crippen molar-refractivity contribution in [3.05, 3.63) is 42.5 Å². The van der Waals surface area contributed by atoms with Crippen LogP contribution in [-0.4, -0.2) is 27.7 Å². The quantitative estimate of drug-likeness (QED) is 0.940. The van der Waals surface area contributed by atoms with Crippen molar-refractivity contribution in [2.24, 2.45) is 0 Å². The lowest BCUT2D eigenvalue weighted by Gasteiger charge is -2.12. The van der Waals surface area contributed by atoms with Gasteiger partial charge >= 0.3 is 0 Å². The fraction of sp³-hybridized carbons (Fsp3) is 0.333. The van der Waals surface area contributed by atoms with Gasteiger partial charge in [0.15, 0.2) is 0 Å². The second kappa shape index (κ2) is 5.52. The minimum atomic E-state index is -3.50. The lowest BCUT2D eigenvalue weighted by molar-refractivity contribution is 0.114. The van der Waals surface area contributed by atoms with Crippen molar-refractivity contribution < 1.29 is 13.2 Å². The maximum absolute atomic E-state index is 12.4. The zero-order valence-corrected chi connectivity index (χ0v) is 11.9. The van der Waals surface area contributed by atoms with E-state index in [1.165, 1.54) is 0 Å². The van der Waals surface area contributed by atoms with Gasteiger partial charge in [-0.05, 0) is 24.3 Å². The fourth-order valence-electron chi connectivity index (χ4n) is 2.52. The van der Waals surface area contributed by atoms with Crippen molar-refractivity contribution in [3.63, 3.8) is 0 Å². The third-order valence-electron chi connectivity index (χ3n) is 3.56. The second-order valence-electron chi connectivity index (χ2n) is 4.96. The van der Waals surface area contributed by atoms with Gasteiger partial charge in [-0.2, -0.15) is 0 Å². The van der Waals surface area contributed by atoms with Crippen LogP contribution in [0.2, 0.25) is 0 Å². The molecule has 0 saturated carbocycles. The molecule has 1 aliphatic rings. The largest absolute Gasteiger partial charge is 0.377 e. The molecule has 3 rings (SSSR count). The third kappa shape index (κ3) is 2.70. The van der Waals surface area contributed by atoms with Gasteiger partial charge in [-0.15, -0.1) is 0 Å². The van der Waals surface area contributed by atoms with E-state index in [9.17, 15) is 8.42 Å². The number of ether oxygens (including phenoxy) is 1. The molecule has 1 unspecified atom stereocenters. The van der Waals surface area contributed by atoms with E-state index in [0.717, 1.165) is 30.2 Å². The van der Waals surface area contributed by atoms with Gasteiger partial charge in [0, 0.05) is 18.5 Å². The Labute approximate surface area is 118 Å². The van der Waals surface area contributed by atoms with Crippen molar-refractivity contribution in [2.75, 3.05) is 13.2 Å². The van der Waals surface area contributed by atoms with Crippen molar-refractivity contribution in [1.29, 1.82) is 0 Å². The van der Waals surface area contributed by atoms with E-state index in [1.54, 1.807) is 12.1 Å². The van der Waals surface area contributed by atoms with Crippen molar-refractivity contribution in [2.45, 2.75) is 23.8 Å². The maximum atomic E-state index is 12.4. The Morgan fingerprint density at radius 2 is 1.95 bits per heavy atom. The Balaban J connectivity index is 1.88. The Bertz CT molecular complexity index is 701. The average molecular weight is 291 g/mol. The smallest absolute Gasteiger partial charge is 0.241 e. The normalized spacial score (nSPS) is 19.5. The number of hydrogen-bond donors (Lipinski definition) is 1. The van der Waals surface area contributed by atoms with Gasteiger partial charge in [-0.3, -0.25) is 0 Å². The molecule has 1 heterocycles. The minimum Gasteiger partial charge on any atom is -0.377 e. The molecule has 0 bridgehead atoms. The highest BCUT2D eigenvalue weighted by Gasteiger charge is 2.21. The number of hydrogen-bond acceptors (Lipinski definition) is 3. The van der Waals surface area contributed by atoms with Gasteiger partial charge in [0.2, 0.25) is 10.0 Å². The van der Waals surface area contributed by atoms with Crippen LogP contribution in [0.5, 0.6) is 0 Å². The highest BCUT2D eigenvalue weighted by Crippen LogP contribution is 2.22. The van der Waals surface area contributed by atoms with E-state index in [4.69, 9.17) is 4.74 Å². The third-order valence-corrected chi connectivity index (χ3v) is 5.05. The predicted molar refractivity (Wildman–Crippen MR) is 78.1 cm³/mol. The molecule has 0 spiro atoms. The summed E-state index contributed by atoms with van der Waals surface area (Å²) in [6.45, 7) is 1.06. The molecule has 5 heteroatoms. The van der Waals surface area contributed by atoms with Gasteiger partial charge in [0.25, 0.3) is 0 Å². The molecule has 1 fully saturated rings. The zero-order chi connectivity index (χ0) is 14.0. The number of sulfonamides is 1. The first kappa shape index (κ1) is 13.5. The molecule has 4 nitrogen and oxygen atoms in total. The van der Waals surface area contributed by atoms with Crippen LogP contribution in [0.1, 0.15) is 12.8 Å². The van der Waals surface area contributed by atoms with Crippen molar-refractivity contribution in [1.82, 2.24) is 4.72 Å². The minimum absolute atomic E-state index is 0.000230. The van der Waals surface area contributed by atoms with Crippen LogP contribution in [-0.2, 0) is 14.8 Å². The summed E-state index contributed by atoms with van der Waals surface area (Å²) in [5.41, 5.74) is 0. The van der Waals surface area contributed by atoms with Crippen LogP contribution in [0.4, 0.5) is 0 Å². The number of nitrogens with one attached hydrogen (secondary N) is 1. The van der Waals surface area contributed by atoms with Gasteiger partial charge in [-0.25, -0.2) is 13.1 Å². The standard InChI is InChI=1S/C15H17NO3S/c17-20(18,16-11-13-7-4-10-19-13)15-9-3-6-12-5-1-2-8-14(12)15/h1-3,5-6,8-9,13,16H,4,7,10-11H2. The van der Waals surface area contributed by atoms with Gasteiger partial charge in [0.1, 0.15) is 0 Å². The second-order valence-corrected chi connectivity index (χ2v) is 6.70. The molecule has 0 radical (unpaired) electrons. The molecule has 106 valence electrons. The first-order valence-corrected chi connectivity index (χ1v) is 8.24. The van der Waals surface area contributed by atoms with Crippen molar-refractivity contribution in [3.8, 4) is 0 Å². The van der Waals surface area contributed by atoms with E-state index < -0.39 is 10.0 Å². The van der Waals surface area contributed by atoms with Crippen LogP contribution < -0.4 is 4.72 Å². The van der Waals surface area contributed by atoms with E-state index in [2.05, 4.69) is 4.72 Å². The van der Waals surface area contributed by atoms with Gasteiger partial charge in [0.05, 0.1) is 11.0 Å². The highest BCUT2D eigenvalue weighted by atomic mass is 32.2. The summed E-state index contributed by atoms with van der Waals surface area (Å²) < 4.78 is 33.0. The molecule has 20 heavy (non-hydrogen) atoms. The summed E-state index contributed by atoms with van der Waals surface area (Å²) in [6, 6.07) is 12.8. The van der Waals surface area contributed by atoms with Gasteiger partial charge in [-0.1, -0.05) is 36.4 Å². The Morgan fingerprint density at radius 1 is 1.15 bits per heavy atom. The van der Waals surface area contributed by atoms with Gasteiger partial charge < -0.3 is 4.74 Å². The molecule has 1 saturated heterocycles. The van der Waals surface area contributed by atoms with E-state index in [1.807, 2.05) is 30.3 Å². The predicted octanol–water partition coefficient (Wildman–Crippen LogP) is 2.30. The molecule has 0 aliphatic carbocycles. The fourth-order valence-corrected chi connectivity index (χ4v) is 3.81. The summed E-state index contributed by atoms with van der Waals surface area (Å²) in [6.07, 6.45) is 1.92. The molecule has 1 aliphatic heterocycles.